The number of carbonyl (C=O) groups is 1. The maximum atomic E-state index is 14.1. The topological polar surface area (TPSA) is 61.2 Å². The maximum absolute atomic E-state index is 14.1. The first kappa shape index (κ1) is 21.0. The van der Waals surface area contributed by atoms with Crippen molar-refractivity contribution in [3.63, 3.8) is 0 Å². The van der Waals surface area contributed by atoms with Crippen LogP contribution in [-0.2, 0) is 22.5 Å². The van der Waals surface area contributed by atoms with Gasteiger partial charge in [-0.25, -0.2) is 18.2 Å². The van der Waals surface area contributed by atoms with Crippen molar-refractivity contribution in [2.75, 3.05) is 6.61 Å². The number of fused-ring (bicyclic) bond motifs is 2. The highest BCUT2D eigenvalue weighted by atomic mass is 32.1. The van der Waals surface area contributed by atoms with Crippen molar-refractivity contribution in [2.24, 2.45) is 0 Å². The molecule has 160 valence electrons. The lowest BCUT2D eigenvalue weighted by atomic mass is 10.1. The summed E-state index contributed by atoms with van der Waals surface area (Å²) < 4.78 is 48.0. The second-order valence-electron chi connectivity index (χ2n) is 7.04. The molecule has 31 heavy (non-hydrogen) atoms. The van der Waals surface area contributed by atoms with Crippen molar-refractivity contribution in [2.45, 2.75) is 26.8 Å². The zero-order valence-electron chi connectivity index (χ0n) is 16.7. The lowest BCUT2D eigenvalue weighted by Crippen LogP contribution is -2.26. The first-order valence-corrected chi connectivity index (χ1v) is 10.3. The molecule has 2 heterocycles. The number of hydrogen-bond acceptors (Lipinski definition) is 5. The van der Waals surface area contributed by atoms with E-state index < -0.39 is 34.5 Å². The van der Waals surface area contributed by atoms with E-state index in [9.17, 15) is 22.8 Å². The molecular formula is C22H17F3N2O3S. The molecule has 0 bridgehead atoms. The second kappa shape index (κ2) is 8.14. The molecular weight excluding hydrogens is 429 g/mol. The molecule has 0 saturated heterocycles. The predicted octanol–water partition coefficient (Wildman–Crippen LogP) is 4.49. The quantitative estimate of drug-likeness (QED) is 0.335. The summed E-state index contributed by atoms with van der Waals surface area (Å²) in [7, 11) is 0. The number of carbonyl (C=O) groups excluding carboxylic acids is 1. The van der Waals surface area contributed by atoms with E-state index in [1.807, 2.05) is 19.1 Å². The third-order valence-electron chi connectivity index (χ3n) is 4.82. The molecule has 0 amide bonds. The van der Waals surface area contributed by atoms with Crippen molar-refractivity contribution in [3.8, 4) is 0 Å². The number of hydrogen-bond donors (Lipinski definition) is 0. The Morgan fingerprint density at radius 3 is 2.68 bits per heavy atom. The van der Waals surface area contributed by atoms with Gasteiger partial charge in [0.05, 0.1) is 29.8 Å². The zero-order valence-corrected chi connectivity index (χ0v) is 17.5. The number of esters is 1. The van der Waals surface area contributed by atoms with Gasteiger partial charge in [0.25, 0.3) is 5.56 Å². The van der Waals surface area contributed by atoms with Crippen LogP contribution in [0.15, 0.2) is 35.1 Å². The first-order valence-electron chi connectivity index (χ1n) is 9.50. The summed E-state index contributed by atoms with van der Waals surface area (Å²) in [5, 5.41) is 0.950. The molecule has 2 aromatic carbocycles. The van der Waals surface area contributed by atoms with Crippen molar-refractivity contribution < 1.29 is 22.7 Å². The molecule has 0 spiro atoms. The average Bonchev–Trinajstić information content (AvgIpc) is 3.15. The fourth-order valence-corrected chi connectivity index (χ4v) is 4.38. The molecule has 0 atom stereocenters. The highest BCUT2D eigenvalue weighted by Crippen LogP contribution is 2.29. The van der Waals surface area contributed by atoms with Gasteiger partial charge in [-0.05, 0) is 36.9 Å². The summed E-state index contributed by atoms with van der Waals surface area (Å²) in [4.78, 5) is 29.1. The number of aryl methyl sites for hydroxylation is 1. The predicted molar refractivity (Wildman–Crippen MR) is 112 cm³/mol. The largest absolute Gasteiger partial charge is 0.466 e. The summed E-state index contributed by atoms with van der Waals surface area (Å²) >= 11 is 0.847. The number of thiazole rings is 1. The van der Waals surface area contributed by atoms with Crippen molar-refractivity contribution in [1.29, 1.82) is 0 Å². The number of halogens is 3. The Bertz CT molecular complexity index is 1390. The van der Waals surface area contributed by atoms with Crippen molar-refractivity contribution >= 4 is 38.4 Å². The molecule has 0 aliphatic rings. The molecule has 2 aromatic heterocycles. The van der Waals surface area contributed by atoms with Gasteiger partial charge in [-0.3, -0.25) is 9.59 Å². The highest BCUT2D eigenvalue weighted by molar-refractivity contribution is 7.18. The van der Waals surface area contributed by atoms with Gasteiger partial charge in [0.15, 0.2) is 11.6 Å². The Labute approximate surface area is 178 Å². The molecule has 0 saturated carbocycles. The standard InChI is InChI=1S/C22H17F3N2O3S/c1-3-30-18(28)8-13-7-12-5-4-11(2)6-16(12)27(22(13)29)10-17-26-20-19(25)14(23)9-15(24)21(20)31-17/h4-7,9H,3,8,10H2,1-2H3. The Morgan fingerprint density at radius 1 is 1.16 bits per heavy atom. The summed E-state index contributed by atoms with van der Waals surface area (Å²) in [5.41, 5.74) is 0.886. The third kappa shape index (κ3) is 3.93. The first-order chi connectivity index (χ1) is 14.8. The molecule has 0 radical (unpaired) electrons. The van der Waals surface area contributed by atoms with Crippen LogP contribution in [0, 0.1) is 24.4 Å². The van der Waals surface area contributed by atoms with Crippen LogP contribution in [0.4, 0.5) is 13.2 Å². The fraction of sp³-hybridized carbons (Fsp3) is 0.227. The lowest BCUT2D eigenvalue weighted by Gasteiger charge is -2.12. The molecule has 0 N–H and O–H groups in total. The number of nitrogens with zero attached hydrogens (tertiary/aromatic N) is 2. The molecule has 4 aromatic rings. The summed E-state index contributed by atoms with van der Waals surface area (Å²) in [5.74, 6) is -4.00. The van der Waals surface area contributed by atoms with Crippen LogP contribution >= 0.6 is 11.3 Å². The molecule has 0 unspecified atom stereocenters. The van der Waals surface area contributed by atoms with E-state index in [0.29, 0.717) is 17.0 Å². The summed E-state index contributed by atoms with van der Waals surface area (Å²) in [6.45, 7) is 3.65. The summed E-state index contributed by atoms with van der Waals surface area (Å²) in [6.07, 6.45) is -0.204. The van der Waals surface area contributed by atoms with Crippen molar-refractivity contribution in [1.82, 2.24) is 9.55 Å². The minimum atomic E-state index is -1.32. The van der Waals surface area contributed by atoms with Crippen LogP contribution in [0.3, 0.4) is 0 Å². The van der Waals surface area contributed by atoms with Crippen LogP contribution in [0.2, 0.25) is 0 Å². The SMILES string of the molecule is CCOC(=O)Cc1cc2ccc(C)cc2n(Cc2nc3c(F)c(F)cc(F)c3s2)c1=O. The van der Waals surface area contributed by atoms with E-state index in [1.165, 1.54) is 4.57 Å². The van der Waals surface area contributed by atoms with E-state index >= 15 is 0 Å². The van der Waals surface area contributed by atoms with Crippen LogP contribution in [-0.4, -0.2) is 22.1 Å². The van der Waals surface area contributed by atoms with E-state index in [1.54, 1.807) is 19.1 Å². The van der Waals surface area contributed by atoms with Gasteiger partial charge < -0.3 is 9.30 Å². The van der Waals surface area contributed by atoms with E-state index in [0.717, 1.165) is 16.9 Å². The van der Waals surface area contributed by atoms with Gasteiger partial charge >= 0.3 is 5.97 Å². The molecule has 5 nitrogen and oxygen atoms in total. The Morgan fingerprint density at radius 2 is 1.94 bits per heavy atom. The molecule has 0 aliphatic heterocycles. The Hall–Kier alpha value is -3.20. The monoisotopic (exact) mass is 446 g/mol. The van der Waals surface area contributed by atoms with Gasteiger partial charge in [-0.2, -0.15) is 0 Å². The minimum Gasteiger partial charge on any atom is -0.466 e. The van der Waals surface area contributed by atoms with Crippen molar-refractivity contribution in [3.05, 3.63) is 74.3 Å². The van der Waals surface area contributed by atoms with Gasteiger partial charge in [-0.15, -0.1) is 11.3 Å². The molecule has 0 fully saturated rings. The lowest BCUT2D eigenvalue weighted by molar-refractivity contribution is -0.142. The number of aromatic nitrogens is 2. The normalized spacial score (nSPS) is 11.4. The van der Waals surface area contributed by atoms with Gasteiger partial charge in [0.1, 0.15) is 16.3 Å². The van der Waals surface area contributed by atoms with Crippen LogP contribution < -0.4 is 5.56 Å². The maximum Gasteiger partial charge on any atom is 0.310 e. The molecule has 4 rings (SSSR count). The van der Waals surface area contributed by atoms with E-state index in [-0.39, 0.29) is 34.8 Å². The fourth-order valence-electron chi connectivity index (χ4n) is 3.42. The number of pyridine rings is 1. The summed E-state index contributed by atoms with van der Waals surface area (Å²) in [6, 6.07) is 7.61. The minimum absolute atomic E-state index is 0.0880. The average molecular weight is 446 g/mol. The van der Waals surface area contributed by atoms with Gasteiger partial charge in [0.2, 0.25) is 0 Å². The second-order valence-corrected chi connectivity index (χ2v) is 8.13. The zero-order chi connectivity index (χ0) is 22.3. The van der Waals surface area contributed by atoms with Gasteiger partial charge in [0, 0.05) is 11.6 Å². The highest BCUT2D eigenvalue weighted by Gasteiger charge is 2.19. The van der Waals surface area contributed by atoms with Gasteiger partial charge in [-0.1, -0.05) is 12.1 Å². The van der Waals surface area contributed by atoms with E-state index in [2.05, 4.69) is 4.98 Å². The molecule has 0 aliphatic carbocycles. The van der Waals surface area contributed by atoms with Crippen LogP contribution in [0.5, 0.6) is 0 Å². The third-order valence-corrected chi connectivity index (χ3v) is 5.87. The molecule has 9 heteroatoms. The van der Waals surface area contributed by atoms with E-state index in [4.69, 9.17) is 4.74 Å². The Kier molecular flexibility index (Phi) is 5.53. The van der Waals surface area contributed by atoms with Crippen LogP contribution in [0.25, 0.3) is 21.1 Å². The number of benzene rings is 2. The number of rotatable bonds is 5. The van der Waals surface area contributed by atoms with Crippen LogP contribution in [0.1, 0.15) is 23.1 Å². The smallest absolute Gasteiger partial charge is 0.310 e. The Balaban J connectivity index is 1.87. The number of ether oxygens (including phenoxy) is 1.